The van der Waals surface area contributed by atoms with Gasteiger partial charge in [-0.15, -0.1) is 5.10 Å². The predicted octanol–water partition coefficient (Wildman–Crippen LogP) is 2.51. The quantitative estimate of drug-likeness (QED) is 0.664. The van der Waals surface area contributed by atoms with Crippen LogP contribution in [0.15, 0.2) is 40.9 Å². The van der Waals surface area contributed by atoms with Crippen molar-refractivity contribution < 1.29 is 18.7 Å². The molecule has 3 heterocycles. The Morgan fingerprint density at radius 2 is 2.00 bits per heavy atom. The van der Waals surface area contributed by atoms with E-state index in [9.17, 15) is 9.59 Å². The minimum atomic E-state index is -0.517. The van der Waals surface area contributed by atoms with Gasteiger partial charge in [0.05, 0.1) is 13.0 Å². The molecule has 10 nitrogen and oxygen atoms in total. The van der Waals surface area contributed by atoms with E-state index in [0.29, 0.717) is 11.4 Å². The molecule has 2 aromatic heterocycles. The van der Waals surface area contributed by atoms with Crippen molar-refractivity contribution in [3.05, 3.63) is 36.5 Å². The van der Waals surface area contributed by atoms with Gasteiger partial charge in [-0.1, -0.05) is 5.10 Å². The second-order valence-electron chi connectivity index (χ2n) is 7.26. The molecule has 4 rings (SSSR count). The third-order valence-corrected chi connectivity index (χ3v) is 4.91. The third-order valence-electron chi connectivity index (χ3n) is 4.91. The van der Waals surface area contributed by atoms with E-state index >= 15 is 0 Å². The summed E-state index contributed by atoms with van der Waals surface area (Å²) in [5.41, 5.74) is 1.39. The van der Waals surface area contributed by atoms with Gasteiger partial charge in [-0.2, -0.15) is 5.10 Å². The molecule has 1 atom stereocenters. The lowest BCUT2D eigenvalue weighted by molar-refractivity contribution is -0.122. The number of carbonyl (C=O) groups is 2. The first-order valence-electron chi connectivity index (χ1n) is 9.59. The molecule has 1 aromatic carbocycles. The fourth-order valence-corrected chi connectivity index (χ4v) is 3.37. The summed E-state index contributed by atoms with van der Waals surface area (Å²) in [5.74, 6) is -0.0139. The van der Waals surface area contributed by atoms with Crippen LogP contribution >= 0.6 is 0 Å². The normalized spacial score (nSPS) is 16.3. The molecular weight excluding hydrogens is 388 g/mol. The van der Waals surface area contributed by atoms with E-state index in [2.05, 4.69) is 20.6 Å². The SMILES string of the molecule is COc1ccc(N2CC(C(=O)Nc3nnc(-c4ccnn4C(C)C)o3)CC2=O)cc1. The minimum Gasteiger partial charge on any atom is -0.497 e. The van der Waals surface area contributed by atoms with Crippen molar-refractivity contribution in [3.63, 3.8) is 0 Å². The molecule has 0 spiro atoms. The van der Waals surface area contributed by atoms with E-state index in [-0.39, 0.29) is 42.7 Å². The summed E-state index contributed by atoms with van der Waals surface area (Å²) < 4.78 is 12.5. The van der Waals surface area contributed by atoms with E-state index in [1.54, 1.807) is 53.2 Å². The smallest absolute Gasteiger partial charge is 0.322 e. The van der Waals surface area contributed by atoms with Crippen molar-refractivity contribution in [1.29, 1.82) is 0 Å². The van der Waals surface area contributed by atoms with Crippen LogP contribution in [0.3, 0.4) is 0 Å². The Kier molecular flexibility index (Phi) is 5.21. The highest BCUT2D eigenvalue weighted by molar-refractivity contribution is 6.03. The van der Waals surface area contributed by atoms with Crippen molar-refractivity contribution in [2.24, 2.45) is 5.92 Å². The summed E-state index contributed by atoms with van der Waals surface area (Å²) in [5, 5.41) is 14.7. The van der Waals surface area contributed by atoms with Crippen molar-refractivity contribution in [1.82, 2.24) is 20.0 Å². The van der Waals surface area contributed by atoms with Gasteiger partial charge in [0, 0.05) is 30.9 Å². The Labute approximate surface area is 172 Å². The van der Waals surface area contributed by atoms with Crippen LogP contribution in [0.5, 0.6) is 5.75 Å². The number of hydrogen-bond acceptors (Lipinski definition) is 7. The molecule has 1 N–H and O–H groups in total. The van der Waals surface area contributed by atoms with Crippen LogP contribution in [0.1, 0.15) is 26.3 Å². The Morgan fingerprint density at radius 1 is 1.23 bits per heavy atom. The fourth-order valence-electron chi connectivity index (χ4n) is 3.37. The minimum absolute atomic E-state index is 0.0122. The largest absolute Gasteiger partial charge is 0.497 e. The summed E-state index contributed by atoms with van der Waals surface area (Å²) >= 11 is 0. The first-order chi connectivity index (χ1) is 14.5. The number of anilines is 2. The molecule has 10 heteroatoms. The van der Waals surface area contributed by atoms with Gasteiger partial charge in [0.2, 0.25) is 11.8 Å². The van der Waals surface area contributed by atoms with Crippen molar-refractivity contribution >= 4 is 23.5 Å². The molecule has 1 saturated heterocycles. The molecular formula is C20H22N6O4. The number of aromatic nitrogens is 4. The van der Waals surface area contributed by atoms with Crippen molar-refractivity contribution in [2.45, 2.75) is 26.3 Å². The molecule has 1 aliphatic rings. The van der Waals surface area contributed by atoms with Crippen LogP contribution in [0.4, 0.5) is 11.7 Å². The molecule has 1 unspecified atom stereocenters. The second kappa shape index (κ2) is 7.97. The number of nitrogens with one attached hydrogen (secondary N) is 1. The zero-order valence-corrected chi connectivity index (χ0v) is 16.9. The Bertz CT molecular complexity index is 1060. The van der Waals surface area contributed by atoms with E-state index < -0.39 is 5.92 Å². The lowest BCUT2D eigenvalue weighted by atomic mass is 10.1. The van der Waals surface area contributed by atoms with Crippen LogP contribution < -0.4 is 15.0 Å². The van der Waals surface area contributed by atoms with Gasteiger partial charge >= 0.3 is 6.01 Å². The summed E-state index contributed by atoms with van der Waals surface area (Å²) in [6.07, 6.45) is 1.76. The summed E-state index contributed by atoms with van der Waals surface area (Å²) in [4.78, 5) is 26.7. The Balaban J connectivity index is 1.43. The van der Waals surface area contributed by atoms with E-state index in [1.165, 1.54) is 0 Å². The number of hydrogen-bond donors (Lipinski definition) is 1. The van der Waals surface area contributed by atoms with Crippen LogP contribution in [-0.2, 0) is 9.59 Å². The number of amides is 2. The van der Waals surface area contributed by atoms with Crippen LogP contribution in [0, 0.1) is 5.92 Å². The van der Waals surface area contributed by atoms with Gasteiger partial charge in [0.1, 0.15) is 11.4 Å². The molecule has 1 aliphatic heterocycles. The summed E-state index contributed by atoms with van der Waals surface area (Å²) in [6, 6.07) is 9.01. The lowest BCUT2D eigenvalue weighted by Crippen LogP contribution is -2.28. The van der Waals surface area contributed by atoms with Crippen molar-refractivity contribution in [2.75, 3.05) is 23.9 Å². The highest BCUT2D eigenvalue weighted by Gasteiger charge is 2.35. The summed E-state index contributed by atoms with van der Waals surface area (Å²) in [7, 11) is 1.58. The number of carbonyl (C=O) groups excluding carboxylic acids is 2. The maximum absolute atomic E-state index is 12.7. The van der Waals surface area contributed by atoms with Crippen LogP contribution in [-0.4, -0.2) is 45.4 Å². The molecule has 3 aromatic rings. The third kappa shape index (κ3) is 3.76. The standard InChI is InChI=1S/C20H22N6O4/c1-12(2)26-16(8-9-21-26)19-23-24-20(30-19)22-18(28)13-10-17(27)25(11-13)14-4-6-15(29-3)7-5-14/h4-9,12-13H,10-11H2,1-3H3,(H,22,24,28). The van der Waals surface area contributed by atoms with Crippen molar-refractivity contribution in [3.8, 4) is 17.3 Å². The average molecular weight is 410 g/mol. The molecule has 0 radical (unpaired) electrons. The van der Waals surface area contributed by atoms with Gasteiger partial charge in [-0.05, 0) is 44.2 Å². The number of nitrogens with zero attached hydrogens (tertiary/aromatic N) is 5. The Morgan fingerprint density at radius 3 is 2.70 bits per heavy atom. The first kappa shape index (κ1) is 19.6. The predicted molar refractivity (Wildman–Crippen MR) is 108 cm³/mol. The zero-order chi connectivity index (χ0) is 21.3. The van der Waals surface area contributed by atoms with Gasteiger partial charge in [0.25, 0.3) is 5.89 Å². The topological polar surface area (TPSA) is 115 Å². The zero-order valence-electron chi connectivity index (χ0n) is 16.9. The molecule has 1 fully saturated rings. The van der Waals surface area contributed by atoms with E-state index in [4.69, 9.17) is 9.15 Å². The Hall–Kier alpha value is -3.69. The molecule has 0 bridgehead atoms. The first-order valence-corrected chi connectivity index (χ1v) is 9.59. The molecule has 0 aliphatic carbocycles. The highest BCUT2D eigenvalue weighted by Crippen LogP contribution is 2.28. The molecule has 0 saturated carbocycles. The van der Waals surface area contributed by atoms with Gasteiger partial charge in [-0.25, -0.2) is 0 Å². The van der Waals surface area contributed by atoms with Gasteiger partial charge < -0.3 is 14.1 Å². The number of methoxy groups -OCH3 is 1. The van der Waals surface area contributed by atoms with E-state index in [0.717, 1.165) is 5.69 Å². The average Bonchev–Trinajstić information content (AvgIpc) is 3.47. The number of ether oxygens (including phenoxy) is 1. The lowest BCUT2D eigenvalue weighted by Gasteiger charge is -2.16. The number of benzene rings is 1. The maximum atomic E-state index is 12.7. The number of rotatable bonds is 6. The monoisotopic (exact) mass is 410 g/mol. The maximum Gasteiger partial charge on any atom is 0.322 e. The molecule has 2 amide bonds. The highest BCUT2D eigenvalue weighted by atomic mass is 16.5. The molecule has 156 valence electrons. The summed E-state index contributed by atoms with van der Waals surface area (Å²) in [6.45, 7) is 4.25. The van der Waals surface area contributed by atoms with Crippen LogP contribution in [0.2, 0.25) is 0 Å². The molecule has 30 heavy (non-hydrogen) atoms. The fraction of sp³-hybridized carbons (Fsp3) is 0.350. The second-order valence-corrected chi connectivity index (χ2v) is 7.26. The van der Waals surface area contributed by atoms with Gasteiger partial charge in [0.15, 0.2) is 0 Å². The van der Waals surface area contributed by atoms with E-state index in [1.807, 2.05) is 13.8 Å². The van der Waals surface area contributed by atoms with Crippen LogP contribution in [0.25, 0.3) is 11.6 Å². The van der Waals surface area contributed by atoms with Gasteiger partial charge in [-0.3, -0.25) is 19.6 Å².